The fraction of sp³-hybridized carbons (Fsp3) is 0.158. The largest absolute Gasteiger partial charge is 0.507 e. The summed E-state index contributed by atoms with van der Waals surface area (Å²) in [6, 6.07) is 9.76. The normalized spacial score (nSPS) is 10.5. The Morgan fingerprint density at radius 3 is 2.67 bits per heavy atom. The number of benzene rings is 2. The van der Waals surface area contributed by atoms with Crippen LogP contribution in [0, 0.1) is 6.92 Å². The first-order chi connectivity index (χ1) is 12.9. The van der Waals surface area contributed by atoms with Crippen LogP contribution in [0.4, 0.5) is 5.69 Å². The molecule has 0 aliphatic carbocycles. The maximum atomic E-state index is 12.6. The Kier molecular flexibility index (Phi) is 5.23. The summed E-state index contributed by atoms with van der Waals surface area (Å²) < 4.78 is 10.4. The molecule has 8 heteroatoms. The highest BCUT2D eigenvalue weighted by molar-refractivity contribution is 6.31. The number of aromatic nitrogens is 2. The van der Waals surface area contributed by atoms with E-state index >= 15 is 0 Å². The van der Waals surface area contributed by atoms with Crippen LogP contribution < -0.4 is 14.8 Å². The molecule has 3 rings (SSSR count). The summed E-state index contributed by atoms with van der Waals surface area (Å²) >= 11 is 6.12. The molecule has 0 bridgehead atoms. The van der Waals surface area contributed by atoms with Crippen molar-refractivity contribution in [3.8, 4) is 28.5 Å². The van der Waals surface area contributed by atoms with E-state index in [1.807, 2.05) is 0 Å². The van der Waals surface area contributed by atoms with E-state index in [4.69, 9.17) is 21.1 Å². The number of carbonyl (C=O) groups is 1. The van der Waals surface area contributed by atoms with Crippen molar-refractivity contribution in [1.82, 2.24) is 10.2 Å². The number of phenolic OH excluding ortho intramolecular Hbond substituents is 1. The molecule has 140 valence electrons. The zero-order chi connectivity index (χ0) is 19.6. The van der Waals surface area contributed by atoms with Crippen LogP contribution in [0.2, 0.25) is 5.02 Å². The van der Waals surface area contributed by atoms with Gasteiger partial charge in [-0.05, 0) is 42.8 Å². The molecule has 0 spiro atoms. The van der Waals surface area contributed by atoms with Gasteiger partial charge < -0.3 is 19.9 Å². The molecule has 0 saturated carbocycles. The third-order valence-corrected chi connectivity index (χ3v) is 4.44. The minimum atomic E-state index is -0.419. The molecule has 0 aliphatic heterocycles. The Morgan fingerprint density at radius 1 is 1.19 bits per heavy atom. The maximum absolute atomic E-state index is 12.6. The molecule has 1 amide bonds. The topological polar surface area (TPSA) is 96.5 Å². The van der Waals surface area contributed by atoms with Gasteiger partial charge in [0, 0.05) is 16.7 Å². The lowest BCUT2D eigenvalue weighted by atomic mass is 10.1. The second-order valence-corrected chi connectivity index (χ2v) is 6.21. The minimum absolute atomic E-state index is 0.0322. The standard InChI is InChI=1S/C19H18ClN3O4/c1-10-6-17(24)12(8-13(10)20)14-9-16(23-22-14)19(25)21-15-7-11(26-2)4-5-18(15)27-3/h4-9,24H,1-3H3,(H,21,25)(H,22,23). The van der Waals surface area contributed by atoms with Gasteiger partial charge in [-0.2, -0.15) is 5.10 Å². The minimum Gasteiger partial charge on any atom is -0.507 e. The number of methoxy groups -OCH3 is 2. The number of rotatable bonds is 5. The van der Waals surface area contributed by atoms with Gasteiger partial charge in [0.2, 0.25) is 0 Å². The second-order valence-electron chi connectivity index (χ2n) is 5.81. The quantitative estimate of drug-likeness (QED) is 0.614. The van der Waals surface area contributed by atoms with Crippen molar-refractivity contribution < 1.29 is 19.4 Å². The number of amides is 1. The van der Waals surface area contributed by atoms with E-state index in [0.717, 1.165) is 5.56 Å². The average molecular weight is 388 g/mol. The van der Waals surface area contributed by atoms with Gasteiger partial charge in [0.05, 0.1) is 25.6 Å². The van der Waals surface area contributed by atoms with Gasteiger partial charge in [0.25, 0.3) is 5.91 Å². The first-order valence-electron chi connectivity index (χ1n) is 8.01. The number of H-pyrrole nitrogens is 1. The lowest BCUT2D eigenvalue weighted by molar-refractivity contribution is 0.102. The molecular formula is C19H18ClN3O4. The Morgan fingerprint density at radius 2 is 1.96 bits per heavy atom. The summed E-state index contributed by atoms with van der Waals surface area (Å²) in [5, 5.41) is 20.1. The monoisotopic (exact) mass is 387 g/mol. The maximum Gasteiger partial charge on any atom is 0.273 e. The van der Waals surface area contributed by atoms with Gasteiger partial charge in [-0.3, -0.25) is 9.89 Å². The van der Waals surface area contributed by atoms with Crippen molar-refractivity contribution in [2.45, 2.75) is 6.92 Å². The smallest absolute Gasteiger partial charge is 0.273 e. The number of hydrogen-bond donors (Lipinski definition) is 3. The molecule has 27 heavy (non-hydrogen) atoms. The van der Waals surface area contributed by atoms with Gasteiger partial charge >= 0.3 is 0 Å². The lowest BCUT2D eigenvalue weighted by Crippen LogP contribution is -2.13. The van der Waals surface area contributed by atoms with Gasteiger partial charge in [0.15, 0.2) is 0 Å². The number of hydrogen-bond acceptors (Lipinski definition) is 5. The summed E-state index contributed by atoms with van der Waals surface area (Å²) in [6.07, 6.45) is 0. The summed E-state index contributed by atoms with van der Waals surface area (Å²) in [5.74, 6) is 0.685. The molecule has 0 radical (unpaired) electrons. The van der Waals surface area contributed by atoms with Gasteiger partial charge in [-0.15, -0.1) is 0 Å². The number of aromatic amines is 1. The van der Waals surface area contributed by atoms with Crippen LogP contribution in [0.15, 0.2) is 36.4 Å². The summed E-state index contributed by atoms with van der Waals surface area (Å²) in [7, 11) is 3.05. The molecule has 3 aromatic rings. The number of aromatic hydroxyl groups is 1. The molecule has 0 aliphatic rings. The molecular weight excluding hydrogens is 370 g/mol. The van der Waals surface area contributed by atoms with Crippen LogP contribution in [0.1, 0.15) is 16.1 Å². The molecule has 0 atom stereocenters. The fourth-order valence-corrected chi connectivity index (χ4v) is 2.71. The van der Waals surface area contributed by atoms with Gasteiger partial charge in [0.1, 0.15) is 22.9 Å². The van der Waals surface area contributed by atoms with E-state index < -0.39 is 5.91 Å². The van der Waals surface area contributed by atoms with Crippen LogP contribution in [0.5, 0.6) is 17.2 Å². The highest BCUT2D eigenvalue weighted by Crippen LogP contribution is 2.33. The van der Waals surface area contributed by atoms with Crippen molar-refractivity contribution >= 4 is 23.2 Å². The first kappa shape index (κ1) is 18.6. The third kappa shape index (κ3) is 3.83. The fourth-order valence-electron chi connectivity index (χ4n) is 2.55. The van der Waals surface area contributed by atoms with Crippen molar-refractivity contribution in [2.24, 2.45) is 0 Å². The van der Waals surface area contributed by atoms with Crippen molar-refractivity contribution in [3.63, 3.8) is 0 Å². The van der Waals surface area contributed by atoms with Crippen molar-refractivity contribution in [3.05, 3.63) is 52.7 Å². The van der Waals surface area contributed by atoms with E-state index in [2.05, 4.69) is 15.5 Å². The van der Waals surface area contributed by atoms with Crippen molar-refractivity contribution in [1.29, 1.82) is 0 Å². The second kappa shape index (κ2) is 7.59. The summed E-state index contributed by atoms with van der Waals surface area (Å²) in [6.45, 7) is 1.79. The highest BCUT2D eigenvalue weighted by Gasteiger charge is 2.16. The average Bonchev–Trinajstić information content (AvgIpc) is 3.14. The molecule has 3 N–H and O–H groups in total. The highest BCUT2D eigenvalue weighted by atomic mass is 35.5. The van der Waals surface area contributed by atoms with Gasteiger partial charge in [-0.1, -0.05) is 11.6 Å². The Hall–Kier alpha value is -3.19. The van der Waals surface area contributed by atoms with E-state index in [9.17, 15) is 9.90 Å². The first-order valence-corrected chi connectivity index (χ1v) is 8.39. The summed E-state index contributed by atoms with van der Waals surface area (Å²) in [5.41, 5.74) is 2.25. The SMILES string of the molecule is COc1ccc(OC)c(NC(=O)c2cc(-c3cc(Cl)c(C)cc3O)n[nH]2)c1. The molecule has 1 aromatic heterocycles. The molecule has 1 heterocycles. The lowest BCUT2D eigenvalue weighted by Gasteiger charge is -2.11. The van der Waals surface area contributed by atoms with Gasteiger partial charge in [-0.25, -0.2) is 0 Å². The number of nitrogens with zero attached hydrogens (tertiary/aromatic N) is 1. The number of aryl methyl sites for hydroxylation is 1. The Bertz CT molecular complexity index is 1000. The molecule has 7 nitrogen and oxygen atoms in total. The number of phenols is 1. The van der Waals surface area contributed by atoms with Crippen LogP contribution in [0.3, 0.4) is 0 Å². The van der Waals surface area contributed by atoms with Crippen LogP contribution in [0.25, 0.3) is 11.3 Å². The predicted molar refractivity (Wildman–Crippen MR) is 103 cm³/mol. The predicted octanol–water partition coefficient (Wildman–Crippen LogP) is 4.01. The molecule has 0 fully saturated rings. The molecule has 0 unspecified atom stereocenters. The van der Waals surface area contributed by atoms with E-state index in [0.29, 0.717) is 33.5 Å². The Balaban J connectivity index is 1.87. The zero-order valence-electron chi connectivity index (χ0n) is 15.0. The van der Waals surface area contributed by atoms with Crippen LogP contribution in [-0.2, 0) is 0 Å². The molecule has 2 aromatic carbocycles. The number of carbonyl (C=O) groups excluding carboxylic acids is 1. The third-order valence-electron chi connectivity index (χ3n) is 4.03. The number of nitrogens with one attached hydrogen (secondary N) is 2. The van der Waals surface area contributed by atoms with E-state index in [1.54, 1.807) is 37.3 Å². The van der Waals surface area contributed by atoms with E-state index in [-0.39, 0.29) is 11.4 Å². The number of anilines is 1. The molecule has 0 saturated heterocycles. The number of halogens is 1. The Labute approximate surface area is 160 Å². The van der Waals surface area contributed by atoms with Crippen LogP contribution in [-0.4, -0.2) is 35.4 Å². The zero-order valence-corrected chi connectivity index (χ0v) is 15.7. The number of ether oxygens (including phenoxy) is 2. The van der Waals surface area contributed by atoms with Crippen LogP contribution >= 0.6 is 11.6 Å². The van der Waals surface area contributed by atoms with E-state index in [1.165, 1.54) is 20.3 Å². The summed E-state index contributed by atoms with van der Waals surface area (Å²) in [4.78, 5) is 12.6. The van der Waals surface area contributed by atoms with Crippen molar-refractivity contribution in [2.75, 3.05) is 19.5 Å².